The van der Waals surface area contributed by atoms with E-state index >= 15 is 0 Å². The number of aromatic nitrogens is 1. The molecular weight excluding hydrogens is 284 g/mol. The van der Waals surface area contributed by atoms with Gasteiger partial charge in [-0.3, -0.25) is 0 Å². The fourth-order valence-electron chi connectivity index (χ4n) is 2.06. The summed E-state index contributed by atoms with van der Waals surface area (Å²) in [6, 6.07) is 12.8. The molecule has 0 aliphatic rings. The van der Waals surface area contributed by atoms with E-state index in [2.05, 4.69) is 51.4 Å². The van der Waals surface area contributed by atoms with Crippen LogP contribution in [0.2, 0.25) is 0 Å². The topological polar surface area (TPSA) is 24.9 Å². The second kappa shape index (κ2) is 6.31. The Morgan fingerprint density at radius 1 is 1.00 bits per heavy atom. The molecule has 0 fully saturated rings. The van der Waals surface area contributed by atoms with E-state index in [-0.39, 0.29) is 0 Å². The lowest BCUT2D eigenvalue weighted by atomic mass is 10.1. The minimum absolute atomic E-state index is 0.836. The van der Waals surface area contributed by atoms with E-state index < -0.39 is 0 Å². The van der Waals surface area contributed by atoms with Gasteiger partial charge >= 0.3 is 0 Å². The summed E-state index contributed by atoms with van der Waals surface area (Å²) in [6.07, 6.45) is 0. The number of thiophene rings is 1. The lowest BCUT2D eigenvalue weighted by molar-refractivity contribution is 0.689. The van der Waals surface area contributed by atoms with Crippen LogP contribution in [0.4, 0.5) is 0 Å². The van der Waals surface area contributed by atoms with Crippen LogP contribution in [-0.4, -0.2) is 4.98 Å². The highest BCUT2D eigenvalue weighted by molar-refractivity contribution is 7.10. The number of hydrogen-bond acceptors (Lipinski definition) is 4. The summed E-state index contributed by atoms with van der Waals surface area (Å²) in [5.74, 6) is 0. The van der Waals surface area contributed by atoms with Gasteiger partial charge in [-0.1, -0.05) is 30.3 Å². The normalized spacial score (nSPS) is 10.8. The first-order chi connectivity index (χ1) is 9.81. The highest BCUT2D eigenvalue weighted by atomic mass is 32.1. The average molecular weight is 300 g/mol. The van der Waals surface area contributed by atoms with E-state index in [1.807, 2.05) is 13.0 Å². The van der Waals surface area contributed by atoms with Crippen molar-refractivity contribution in [2.75, 3.05) is 0 Å². The van der Waals surface area contributed by atoms with Crippen molar-refractivity contribution < 1.29 is 0 Å². The molecule has 0 radical (unpaired) electrons. The van der Waals surface area contributed by atoms with E-state index in [1.54, 1.807) is 22.7 Å². The molecule has 1 N–H and O–H groups in total. The lowest BCUT2D eigenvalue weighted by Gasteiger charge is -2.00. The molecule has 0 unspecified atom stereocenters. The molecule has 1 aromatic carbocycles. The van der Waals surface area contributed by atoms with Gasteiger partial charge in [-0.05, 0) is 29.5 Å². The Kier molecular flexibility index (Phi) is 4.25. The Labute approximate surface area is 127 Å². The second-order valence-corrected chi connectivity index (χ2v) is 6.69. The fourth-order valence-corrected chi connectivity index (χ4v) is 3.53. The van der Waals surface area contributed by atoms with E-state index in [0.717, 1.165) is 23.8 Å². The largest absolute Gasteiger partial charge is 0.306 e. The van der Waals surface area contributed by atoms with Crippen molar-refractivity contribution in [1.29, 1.82) is 0 Å². The van der Waals surface area contributed by atoms with Gasteiger partial charge in [0.25, 0.3) is 0 Å². The van der Waals surface area contributed by atoms with Crippen molar-refractivity contribution in [3.8, 4) is 11.1 Å². The van der Waals surface area contributed by atoms with Crippen molar-refractivity contribution in [1.82, 2.24) is 10.3 Å². The van der Waals surface area contributed by atoms with Gasteiger partial charge in [0.1, 0.15) is 0 Å². The summed E-state index contributed by atoms with van der Waals surface area (Å²) in [6.45, 7) is 3.77. The van der Waals surface area contributed by atoms with Crippen LogP contribution in [0.5, 0.6) is 0 Å². The molecule has 0 saturated heterocycles. The zero-order valence-corrected chi connectivity index (χ0v) is 12.9. The SMILES string of the molecule is Cc1nc(CNCc2cc(-c3ccccc3)cs2)cs1. The number of rotatable bonds is 5. The Morgan fingerprint density at radius 2 is 1.85 bits per heavy atom. The zero-order valence-electron chi connectivity index (χ0n) is 11.3. The number of thiazole rings is 1. The summed E-state index contributed by atoms with van der Waals surface area (Å²) in [4.78, 5) is 5.81. The van der Waals surface area contributed by atoms with Crippen LogP contribution in [0.3, 0.4) is 0 Å². The molecule has 2 aromatic heterocycles. The first kappa shape index (κ1) is 13.5. The van der Waals surface area contributed by atoms with E-state index in [4.69, 9.17) is 0 Å². The third-order valence-electron chi connectivity index (χ3n) is 3.03. The summed E-state index contributed by atoms with van der Waals surface area (Å²) in [5.41, 5.74) is 3.72. The molecule has 0 bridgehead atoms. The molecule has 2 heterocycles. The van der Waals surface area contributed by atoms with Gasteiger partial charge in [0.15, 0.2) is 0 Å². The second-order valence-electron chi connectivity index (χ2n) is 4.63. The summed E-state index contributed by atoms with van der Waals surface area (Å²) < 4.78 is 0. The summed E-state index contributed by atoms with van der Waals surface area (Å²) in [5, 5.41) is 8.92. The van der Waals surface area contributed by atoms with Gasteiger partial charge < -0.3 is 5.32 Å². The quantitative estimate of drug-likeness (QED) is 0.752. The molecule has 20 heavy (non-hydrogen) atoms. The standard InChI is InChI=1S/C16H16N2S2/c1-12-18-15(11-19-12)8-17-9-16-7-14(10-20-16)13-5-3-2-4-6-13/h2-7,10-11,17H,8-9H2,1H3. The first-order valence-electron chi connectivity index (χ1n) is 6.56. The summed E-state index contributed by atoms with van der Waals surface area (Å²) >= 11 is 3.51. The van der Waals surface area contributed by atoms with Crippen LogP contribution < -0.4 is 5.32 Å². The van der Waals surface area contributed by atoms with Gasteiger partial charge in [-0.25, -0.2) is 4.98 Å². The van der Waals surface area contributed by atoms with Crippen molar-refractivity contribution in [2.24, 2.45) is 0 Å². The number of benzene rings is 1. The number of aryl methyl sites for hydroxylation is 1. The minimum atomic E-state index is 0.836. The molecule has 3 aromatic rings. The van der Waals surface area contributed by atoms with Crippen LogP contribution in [0.25, 0.3) is 11.1 Å². The van der Waals surface area contributed by atoms with Crippen LogP contribution in [0.15, 0.2) is 47.2 Å². The highest BCUT2D eigenvalue weighted by Gasteiger charge is 2.03. The highest BCUT2D eigenvalue weighted by Crippen LogP contribution is 2.25. The molecular formula is C16H16N2S2. The molecule has 0 atom stereocenters. The number of nitrogens with zero attached hydrogens (tertiary/aromatic N) is 1. The van der Waals surface area contributed by atoms with Gasteiger partial charge in [-0.2, -0.15) is 0 Å². The summed E-state index contributed by atoms with van der Waals surface area (Å²) in [7, 11) is 0. The van der Waals surface area contributed by atoms with Gasteiger partial charge in [-0.15, -0.1) is 22.7 Å². The maximum absolute atomic E-state index is 4.45. The molecule has 0 spiro atoms. The Hall–Kier alpha value is -1.49. The lowest BCUT2D eigenvalue weighted by Crippen LogP contribution is -2.11. The van der Waals surface area contributed by atoms with Crippen molar-refractivity contribution >= 4 is 22.7 Å². The minimum Gasteiger partial charge on any atom is -0.306 e. The molecule has 0 aliphatic carbocycles. The van der Waals surface area contributed by atoms with Crippen molar-refractivity contribution in [2.45, 2.75) is 20.0 Å². The Balaban J connectivity index is 1.58. The van der Waals surface area contributed by atoms with Crippen LogP contribution in [0, 0.1) is 6.92 Å². The maximum Gasteiger partial charge on any atom is 0.0897 e. The molecule has 0 amide bonds. The number of nitrogens with one attached hydrogen (secondary N) is 1. The average Bonchev–Trinajstić information content (AvgIpc) is 3.09. The Bertz CT molecular complexity index is 671. The molecule has 3 rings (SSSR count). The molecule has 102 valence electrons. The van der Waals surface area contributed by atoms with Crippen molar-refractivity contribution in [3.63, 3.8) is 0 Å². The Morgan fingerprint density at radius 3 is 2.60 bits per heavy atom. The molecule has 4 heteroatoms. The maximum atomic E-state index is 4.45. The van der Waals surface area contributed by atoms with Gasteiger partial charge in [0, 0.05) is 23.3 Å². The van der Waals surface area contributed by atoms with Crippen LogP contribution >= 0.6 is 22.7 Å². The predicted octanol–water partition coefficient (Wildman–Crippen LogP) is 4.47. The van der Waals surface area contributed by atoms with E-state index in [9.17, 15) is 0 Å². The van der Waals surface area contributed by atoms with E-state index in [1.165, 1.54) is 16.0 Å². The smallest absolute Gasteiger partial charge is 0.0897 e. The molecule has 0 saturated carbocycles. The third kappa shape index (κ3) is 3.33. The van der Waals surface area contributed by atoms with Crippen LogP contribution in [0.1, 0.15) is 15.6 Å². The van der Waals surface area contributed by atoms with Gasteiger partial charge in [0.05, 0.1) is 10.7 Å². The van der Waals surface area contributed by atoms with Crippen molar-refractivity contribution in [3.05, 3.63) is 62.7 Å². The first-order valence-corrected chi connectivity index (χ1v) is 8.32. The van der Waals surface area contributed by atoms with E-state index in [0.29, 0.717) is 0 Å². The van der Waals surface area contributed by atoms with Gasteiger partial charge in [0.2, 0.25) is 0 Å². The predicted molar refractivity (Wildman–Crippen MR) is 87.1 cm³/mol. The fraction of sp³-hybridized carbons (Fsp3) is 0.188. The zero-order chi connectivity index (χ0) is 13.8. The van der Waals surface area contributed by atoms with Crippen LogP contribution in [-0.2, 0) is 13.1 Å². The molecule has 0 aliphatic heterocycles. The molecule has 2 nitrogen and oxygen atoms in total. The third-order valence-corrected chi connectivity index (χ3v) is 4.79. The number of hydrogen-bond donors (Lipinski definition) is 1. The monoisotopic (exact) mass is 300 g/mol.